The third-order valence-corrected chi connectivity index (χ3v) is 5.34. The summed E-state index contributed by atoms with van der Waals surface area (Å²) in [5, 5.41) is 0. The van der Waals surface area contributed by atoms with Crippen LogP contribution in [0.15, 0.2) is 74.7 Å². The average Bonchev–Trinajstić information content (AvgIpc) is 3.17. The van der Waals surface area contributed by atoms with Gasteiger partial charge >= 0.3 is 5.69 Å². The number of likely N-dealkylation sites (N-methyl/N-ethyl adjacent to an activating group) is 1. The number of nitrogen functional groups attached to an aromatic ring is 1. The van der Waals surface area contributed by atoms with Gasteiger partial charge in [-0.1, -0.05) is 48.5 Å². The number of aromatic amines is 1. The Kier molecular flexibility index (Phi) is 5.95. The molecule has 0 aliphatic rings. The molecule has 9 nitrogen and oxygen atoms in total. The Bertz CT molecular complexity index is 1400. The molecule has 2 heterocycles. The monoisotopic (exact) mass is 445 g/mol. The Hall–Kier alpha value is -4.40. The van der Waals surface area contributed by atoms with Crippen molar-refractivity contribution in [2.45, 2.75) is 19.9 Å². The molecule has 0 saturated carbocycles. The predicted molar refractivity (Wildman–Crippen MR) is 125 cm³/mol. The summed E-state index contributed by atoms with van der Waals surface area (Å²) in [6, 6.07) is 18.5. The molecule has 0 saturated heterocycles. The van der Waals surface area contributed by atoms with Crippen molar-refractivity contribution in [3.63, 3.8) is 0 Å². The Morgan fingerprint density at radius 2 is 1.73 bits per heavy atom. The topological polar surface area (TPSA) is 127 Å². The molecular formula is C24H23N5O4. The molecule has 0 aliphatic heterocycles. The van der Waals surface area contributed by atoms with Crippen molar-refractivity contribution in [3.05, 3.63) is 98.5 Å². The summed E-state index contributed by atoms with van der Waals surface area (Å²) < 4.78 is 6.94. The fourth-order valence-corrected chi connectivity index (χ4v) is 3.51. The van der Waals surface area contributed by atoms with E-state index >= 15 is 0 Å². The largest absolute Gasteiger partial charge is 0.441 e. The number of carbonyl (C=O) groups is 1. The van der Waals surface area contributed by atoms with Crippen molar-refractivity contribution in [1.82, 2.24) is 14.5 Å². The molecule has 0 unspecified atom stereocenters. The lowest BCUT2D eigenvalue weighted by Gasteiger charge is -2.20. The number of nitrogens with two attached hydrogens (primary N) is 1. The van der Waals surface area contributed by atoms with Crippen LogP contribution in [0.1, 0.15) is 17.0 Å². The molecule has 2 aromatic carbocycles. The van der Waals surface area contributed by atoms with Gasteiger partial charge in [-0.15, -0.1) is 0 Å². The third-order valence-electron chi connectivity index (χ3n) is 5.34. The van der Waals surface area contributed by atoms with Gasteiger partial charge in [-0.2, -0.15) is 0 Å². The van der Waals surface area contributed by atoms with Crippen molar-refractivity contribution in [3.8, 4) is 11.5 Å². The van der Waals surface area contributed by atoms with Crippen molar-refractivity contribution < 1.29 is 9.21 Å². The summed E-state index contributed by atoms with van der Waals surface area (Å²) in [6.45, 7) is 1.88. The van der Waals surface area contributed by atoms with E-state index < -0.39 is 17.2 Å². The van der Waals surface area contributed by atoms with Gasteiger partial charge in [-0.05, 0) is 24.6 Å². The van der Waals surface area contributed by atoms with E-state index in [2.05, 4.69) is 9.97 Å². The van der Waals surface area contributed by atoms with E-state index in [1.54, 1.807) is 6.92 Å². The molecule has 9 heteroatoms. The van der Waals surface area contributed by atoms with Crippen LogP contribution in [-0.2, 0) is 17.8 Å². The smallest absolute Gasteiger partial charge is 0.330 e. The Morgan fingerprint density at radius 1 is 1.09 bits per heavy atom. The van der Waals surface area contributed by atoms with Crippen LogP contribution in [0, 0.1) is 6.92 Å². The minimum Gasteiger partial charge on any atom is -0.441 e. The fourth-order valence-electron chi connectivity index (χ4n) is 3.51. The van der Waals surface area contributed by atoms with Gasteiger partial charge in [-0.3, -0.25) is 19.1 Å². The normalized spacial score (nSPS) is 10.8. The number of aryl methyl sites for hydroxylation is 1. The standard InChI is InChI=1S/C24H23N5O4/c1-15-18(26-23(33-15)17-11-7-4-8-12-17)13-19(30)28(2)20-21(25)29(24(32)27-22(20)31)14-16-9-5-3-6-10-16/h3-12H,13-14,25H2,1-2H3,(H,27,31,32). The van der Waals surface area contributed by atoms with E-state index in [0.717, 1.165) is 16.0 Å². The zero-order chi connectivity index (χ0) is 23.5. The molecule has 4 aromatic rings. The number of hydrogen-bond donors (Lipinski definition) is 2. The second-order valence-electron chi connectivity index (χ2n) is 7.58. The van der Waals surface area contributed by atoms with E-state index in [0.29, 0.717) is 17.3 Å². The number of benzene rings is 2. The number of nitrogens with zero attached hydrogens (tertiary/aromatic N) is 3. The fraction of sp³-hybridized carbons (Fsp3) is 0.167. The van der Waals surface area contributed by atoms with Gasteiger partial charge < -0.3 is 15.1 Å². The second kappa shape index (κ2) is 8.99. The van der Waals surface area contributed by atoms with Crippen molar-refractivity contribution in [1.29, 1.82) is 0 Å². The first-order valence-electron chi connectivity index (χ1n) is 10.3. The van der Waals surface area contributed by atoms with Crippen LogP contribution in [0.25, 0.3) is 11.5 Å². The first kappa shape index (κ1) is 21.8. The van der Waals surface area contributed by atoms with E-state index in [4.69, 9.17) is 10.2 Å². The predicted octanol–water partition coefficient (Wildman–Crippen LogP) is 2.34. The molecule has 3 N–H and O–H groups in total. The first-order valence-corrected chi connectivity index (χ1v) is 10.3. The second-order valence-corrected chi connectivity index (χ2v) is 7.58. The lowest BCUT2D eigenvalue weighted by molar-refractivity contribution is -0.117. The molecule has 0 bridgehead atoms. The number of nitrogens with one attached hydrogen (secondary N) is 1. The molecule has 0 radical (unpaired) electrons. The van der Waals surface area contributed by atoms with E-state index in [1.165, 1.54) is 11.6 Å². The molecule has 4 rings (SSSR count). The molecule has 1 amide bonds. The van der Waals surface area contributed by atoms with E-state index in [1.807, 2.05) is 60.7 Å². The third kappa shape index (κ3) is 4.47. The lowest BCUT2D eigenvalue weighted by atomic mass is 10.2. The summed E-state index contributed by atoms with van der Waals surface area (Å²) >= 11 is 0. The minimum absolute atomic E-state index is 0.0923. The van der Waals surface area contributed by atoms with Crippen LogP contribution >= 0.6 is 0 Å². The quantitative estimate of drug-likeness (QED) is 0.469. The molecule has 33 heavy (non-hydrogen) atoms. The van der Waals surface area contributed by atoms with Crippen molar-refractivity contribution in [2.24, 2.45) is 0 Å². The Labute approximate surface area is 189 Å². The van der Waals surface area contributed by atoms with E-state index in [-0.39, 0.29) is 24.5 Å². The van der Waals surface area contributed by atoms with Crippen LogP contribution < -0.4 is 21.9 Å². The maximum absolute atomic E-state index is 13.0. The Morgan fingerprint density at radius 3 is 2.39 bits per heavy atom. The molecule has 0 spiro atoms. The number of H-pyrrole nitrogens is 1. The zero-order valence-corrected chi connectivity index (χ0v) is 18.2. The van der Waals surface area contributed by atoms with Gasteiger partial charge in [0.1, 0.15) is 11.6 Å². The van der Waals surface area contributed by atoms with E-state index in [9.17, 15) is 14.4 Å². The number of rotatable bonds is 6. The average molecular weight is 445 g/mol. The van der Waals surface area contributed by atoms with Gasteiger partial charge in [0.2, 0.25) is 11.8 Å². The molecule has 0 aliphatic carbocycles. The van der Waals surface area contributed by atoms with Gasteiger partial charge in [0.25, 0.3) is 5.56 Å². The molecule has 0 fully saturated rings. The number of carbonyl (C=O) groups excluding carboxylic acids is 1. The number of anilines is 2. The highest BCUT2D eigenvalue weighted by molar-refractivity contribution is 5.96. The van der Waals surface area contributed by atoms with Gasteiger partial charge in [0, 0.05) is 12.6 Å². The van der Waals surface area contributed by atoms with Gasteiger partial charge in [-0.25, -0.2) is 9.78 Å². The van der Waals surface area contributed by atoms with Gasteiger partial charge in [0.15, 0.2) is 5.69 Å². The van der Waals surface area contributed by atoms with Crippen LogP contribution in [0.5, 0.6) is 0 Å². The van der Waals surface area contributed by atoms with Crippen LogP contribution in [0.4, 0.5) is 11.5 Å². The number of oxazole rings is 1. The van der Waals surface area contributed by atoms with Crippen LogP contribution in [0.3, 0.4) is 0 Å². The summed E-state index contributed by atoms with van der Waals surface area (Å²) in [6.07, 6.45) is -0.102. The maximum atomic E-state index is 13.0. The highest BCUT2D eigenvalue weighted by Crippen LogP contribution is 2.23. The van der Waals surface area contributed by atoms with Crippen LogP contribution in [0.2, 0.25) is 0 Å². The highest BCUT2D eigenvalue weighted by Gasteiger charge is 2.23. The van der Waals surface area contributed by atoms with Crippen molar-refractivity contribution >= 4 is 17.4 Å². The summed E-state index contributed by atoms with van der Waals surface area (Å²) in [5.74, 6) is 0.400. The minimum atomic E-state index is -0.737. The molecule has 0 atom stereocenters. The highest BCUT2D eigenvalue weighted by atomic mass is 16.4. The molecular weight excluding hydrogens is 422 g/mol. The van der Waals surface area contributed by atoms with Gasteiger partial charge in [0.05, 0.1) is 18.7 Å². The Balaban J connectivity index is 1.62. The summed E-state index contributed by atoms with van der Waals surface area (Å²) in [7, 11) is 1.44. The zero-order valence-electron chi connectivity index (χ0n) is 18.2. The SMILES string of the molecule is Cc1oc(-c2ccccc2)nc1CC(=O)N(C)c1c(N)n(Cc2ccccc2)c(=O)[nH]c1=O. The summed E-state index contributed by atoms with van der Waals surface area (Å²) in [4.78, 5) is 45.8. The molecule has 168 valence electrons. The summed E-state index contributed by atoms with van der Waals surface area (Å²) in [5.41, 5.74) is 6.78. The number of hydrogen-bond acceptors (Lipinski definition) is 6. The van der Waals surface area contributed by atoms with Crippen LogP contribution in [-0.4, -0.2) is 27.5 Å². The number of amides is 1. The number of aromatic nitrogens is 3. The lowest BCUT2D eigenvalue weighted by Crippen LogP contribution is -2.40. The maximum Gasteiger partial charge on any atom is 0.330 e. The first-order chi connectivity index (χ1) is 15.8. The van der Waals surface area contributed by atoms with Crippen molar-refractivity contribution in [2.75, 3.05) is 17.7 Å². The molecule has 2 aromatic heterocycles.